The Morgan fingerprint density at radius 2 is 1.95 bits per heavy atom. The molecule has 6 heteroatoms. The monoisotopic (exact) mass is 268 g/mol. The summed E-state index contributed by atoms with van der Waals surface area (Å²) in [6, 6.07) is 8.49. The fraction of sp³-hybridized carbons (Fsp3) is 0.462. The van der Waals surface area contributed by atoms with Crippen molar-refractivity contribution in [1.82, 2.24) is 0 Å². The molecule has 1 aliphatic rings. The smallest absolute Gasteiger partial charge is 0.338 e. The molecule has 0 amide bonds. The Kier molecular flexibility index (Phi) is 4.49. The summed E-state index contributed by atoms with van der Waals surface area (Å²) in [5, 5.41) is 19.3. The molecule has 0 unspecified atom stereocenters. The topological polar surface area (TPSA) is 85.2 Å². The van der Waals surface area contributed by atoms with Crippen molar-refractivity contribution in [3.05, 3.63) is 35.9 Å². The van der Waals surface area contributed by atoms with Crippen molar-refractivity contribution in [2.45, 2.75) is 24.6 Å². The first-order valence-electron chi connectivity index (χ1n) is 5.90. The zero-order chi connectivity index (χ0) is 13.8. The number of ether oxygens (including phenoxy) is 3. The molecule has 0 saturated carbocycles. The summed E-state index contributed by atoms with van der Waals surface area (Å²) in [6.07, 6.45) is -4.00. The highest BCUT2D eigenvalue weighted by Gasteiger charge is 2.43. The summed E-state index contributed by atoms with van der Waals surface area (Å²) < 4.78 is 15.1. The zero-order valence-electron chi connectivity index (χ0n) is 10.4. The Labute approximate surface area is 110 Å². The van der Waals surface area contributed by atoms with Crippen LogP contribution in [-0.4, -0.2) is 54.5 Å². The van der Waals surface area contributed by atoms with E-state index in [2.05, 4.69) is 0 Å². The van der Waals surface area contributed by atoms with Crippen molar-refractivity contribution in [1.29, 1.82) is 0 Å². The van der Waals surface area contributed by atoms with E-state index in [-0.39, 0.29) is 6.61 Å². The van der Waals surface area contributed by atoms with E-state index >= 15 is 0 Å². The van der Waals surface area contributed by atoms with Gasteiger partial charge in [-0.15, -0.1) is 0 Å². The van der Waals surface area contributed by atoms with E-state index in [1.54, 1.807) is 30.3 Å². The van der Waals surface area contributed by atoms with Gasteiger partial charge in [-0.05, 0) is 12.1 Å². The van der Waals surface area contributed by atoms with Crippen LogP contribution in [0.5, 0.6) is 0 Å². The maximum atomic E-state index is 11.7. The van der Waals surface area contributed by atoms with Crippen LogP contribution in [0.25, 0.3) is 0 Å². The number of hydrogen-bond acceptors (Lipinski definition) is 6. The Morgan fingerprint density at radius 1 is 1.26 bits per heavy atom. The number of benzene rings is 1. The molecule has 0 bridgehead atoms. The lowest BCUT2D eigenvalue weighted by atomic mass is 10.1. The van der Waals surface area contributed by atoms with Crippen molar-refractivity contribution in [3.8, 4) is 0 Å². The van der Waals surface area contributed by atoms with Gasteiger partial charge in [0.1, 0.15) is 24.9 Å². The molecule has 0 spiro atoms. The molecule has 2 N–H and O–H groups in total. The lowest BCUT2D eigenvalue weighted by Crippen LogP contribution is -2.35. The van der Waals surface area contributed by atoms with E-state index in [4.69, 9.17) is 14.2 Å². The van der Waals surface area contributed by atoms with Gasteiger partial charge in [0.25, 0.3) is 0 Å². The molecular weight excluding hydrogens is 252 g/mol. The molecule has 0 radical (unpaired) electrons. The first-order chi connectivity index (χ1) is 9.13. The molecule has 19 heavy (non-hydrogen) atoms. The fourth-order valence-electron chi connectivity index (χ4n) is 1.86. The fourth-order valence-corrected chi connectivity index (χ4v) is 1.86. The predicted octanol–water partition coefficient (Wildman–Crippen LogP) is -0.0635. The second kappa shape index (κ2) is 6.12. The first-order valence-corrected chi connectivity index (χ1v) is 5.90. The minimum absolute atomic E-state index is 0.147. The number of rotatable bonds is 4. The SMILES string of the molecule is CO[C@@H]1O[C@H](COC(=O)c2ccccc2)[C@@H](O)[C@H]1O. The standard InChI is InChI=1S/C13H16O6/c1-17-13-11(15)10(14)9(19-13)7-18-12(16)8-5-3-2-4-6-8/h2-6,9-11,13-15H,7H2,1H3/t9-,10-,11-,13-/m1/s1. The van der Waals surface area contributed by atoms with E-state index < -0.39 is 30.6 Å². The largest absolute Gasteiger partial charge is 0.459 e. The molecule has 1 aromatic rings. The molecule has 4 atom stereocenters. The van der Waals surface area contributed by atoms with Crippen LogP contribution in [-0.2, 0) is 14.2 Å². The van der Waals surface area contributed by atoms with Gasteiger partial charge in [-0.2, -0.15) is 0 Å². The van der Waals surface area contributed by atoms with Gasteiger partial charge in [0, 0.05) is 7.11 Å². The molecule has 1 aliphatic heterocycles. The van der Waals surface area contributed by atoms with E-state index in [1.807, 2.05) is 0 Å². The zero-order valence-corrected chi connectivity index (χ0v) is 10.4. The van der Waals surface area contributed by atoms with E-state index in [0.717, 1.165) is 0 Å². The van der Waals surface area contributed by atoms with Gasteiger partial charge in [0.15, 0.2) is 6.29 Å². The maximum Gasteiger partial charge on any atom is 0.338 e. The van der Waals surface area contributed by atoms with Gasteiger partial charge in [-0.1, -0.05) is 18.2 Å². The summed E-state index contributed by atoms with van der Waals surface area (Å²) in [5.74, 6) is -0.508. The van der Waals surface area contributed by atoms with Crippen LogP contribution in [0.2, 0.25) is 0 Å². The van der Waals surface area contributed by atoms with Crippen LogP contribution in [0.1, 0.15) is 10.4 Å². The van der Waals surface area contributed by atoms with E-state index in [0.29, 0.717) is 5.56 Å². The molecule has 1 fully saturated rings. The van der Waals surface area contributed by atoms with Crippen LogP contribution in [0, 0.1) is 0 Å². The molecular formula is C13H16O6. The lowest BCUT2D eigenvalue weighted by molar-refractivity contribution is -0.153. The van der Waals surface area contributed by atoms with E-state index in [9.17, 15) is 15.0 Å². The number of methoxy groups -OCH3 is 1. The van der Waals surface area contributed by atoms with Crippen molar-refractivity contribution in [3.63, 3.8) is 0 Å². The maximum absolute atomic E-state index is 11.7. The van der Waals surface area contributed by atoms with Gasteiger partial charge in [-0.3, -0.25) is 0 Å². The summed E-state index contributed by atoms with van der Waals surface area (Å²) >= 11 is 0. The number of esters is 1. The number of carbonyl (C=O) groups is 1. The highest BCUT2D eigenvalue weighted by Crippen LogP contribution is 2.22. The molecule has 104 valence electrons. The molecule has 1 aromatic carbocycles. The predicted molar refractivity (Wildman–Crippen MR) is 64.4 cm³/mol. The van der Waals surface area contributed by atoms with Crippen LogP contribution < -0.4 is 0 Å². The Balaban J connectivity index is 1.88. The summed E-state index contributed by atoms with van der Waals surface area (Å²) in [5.41, 5.74) is 0.416. The van der Waals surface area contributed by atoms with E-state index in [1.165, 1.54) is 7.11 Å². The van der Waals surface area contributed by atoms with Crippen molar-refractivity contribution >= 4 is 5.97 Å². The molecule has 6 nitrogen and oxygen atoms in total. The molecule has 0 aliphatic carbocycles. The summed E-state index contributed by atoms with van der Waals surface area (Å²) in [6.45, 7) is -0.147. The van der Waals surface area contributed by atoms with Gasteiger partial charge in [-0.25, -0.2) is 4.79 Å². The summed E-state index contributed by atoms with van der Waals surface area (Å²) in [4.78, 5) is 11.7. The lowest BCUT2D eigenvalue weighted by Gasteiger charge is -2.14. The number of aliphatic hydroxyl groups excluding tert-OH is 2. The highest BCUT2D eigenvalue weighted by molar-refractivity contribution is 5.89. The number of hydrogen-bond donors (Lipinski definition) is 2. The average molecular weight is 268 g/mol. The third kappa shape index (κ3) is 3.10. The van der Waals surface area contributed by atoms with Crippen molar-refractivity contribution in [2.75, 3.05) is 13.7 Å². The van der Waals surface area contributed by atoms with Gasteiger partial charge < -0.3 is 24.4 Å². The minimum atomic E-state index is -1.15. The van der Waals surface area contributed by atoms with Gasteiger partial charge in [0.2, 0.25) is 0 Å². The minimum Gasteiger partial charge on any atom is -0.459 e. The Hall–Kier alpha value is -1.47. The van der Waals surface area contributed by atoms with Gasteiger partial charge in [0.05, 0.1) is 5.56 Å². The second-order valence-corrected chi connectivity index (χ2v) is 4.22. The third-order valence-corrected chi connectivity index (χ3v) is 2.94. The van der Waals surface area contributed by atoms with Crippen LogP contribution in [0.4, 0.5) is 0 Å². The van der Waals surface area contributed by atoms with Crippen LogP contribution in [0.15, 0.2) is 30.3 Å². The second-order valence-electron chi connectivity index (χ2n) is 4.22. The first kappa shape index (κ1) is 14.0. The normalized spacial score (nSPS) is 30.3. The number of carbonyl (C=O) groups excluding carboxylic acids is 1. The highest BCUT2D eigenvalue weighted by atomic mass is 16.7. The van der Waals surface area contributed by atoms with Gasteiger partial charge >= 0.3 is 5.97 Å². The summed E-state index contributed by atoms with van der Waals surface area (Å²) in [7, 11) is 1.36. The quantitative estimate of drug-likeness (QED) is 0.744. The van der Waals surface area contributed by atoms with Crippen LogP contribution in [0.3, 0.4) is 0 Å². The molecule has 2 rings (SSSR count). The molecule has 0 aromatic heterocycles. The number of aliphatic hydroxyl groups is 2. The Morgan fingerprint density at radius 3 is 2.53 bits per heavy atom. The van der Waals surface area contributed by atoms with Crippen LogP contribution >= 0.6 is 0 Å². The Bertz CT molecular complexity index is 420. The molecule has 1 saturated heterocycles. The third-order valence-electron chi connectivity index (χ3n) is 2.94. The molecule has 1 heterocycles. The van der Waals surface area contributed by atoms with Crippen molar-refractivity contribution < 1.29 is 29.2 Å². The average Bonchev–Trinajstić information content (AvgIpc) is 2.73. The van der Waals surface area contributed by atoms with Crippen molar-refractivity contribution in [2.24, 2.45) is 0 Å².